The van der Waals surface area contributed by atoms with Crippen molar-refractivity contribution in [2.24, 2.45) is 0 Å². The van der Waals surface area contributed by atoms with Gasteiger partial charge in [0, 0.05) is 30.8 Å². The summed E-state index contributed by atoms with van der Waals surface area (Å²) in [6.45, 7) is 0.811. The van der Waals surface area contributed by atoms with Gasteiger partial charge in [0.15, 0.2) is 0 Å². The predicted octanol–water partition coefficient (Wildman–Crippen LogP) is 2.16. The number of rotatable bonds is 7. The van der Waals surface area contributed by atoms with E-state index in [2.05, 4.69) is 10.3 Å². The van der Waals surface area contributed by atoms with E-state index in [-0.39, 0.29) is 18.9 Å². The number of aryl methyl sites for hydroxylation is 4. The number of carbonyl (C=O) groups excluding carboxylic acids is 1. The minimum Gasteiger partial charge on any atom is -0.356 e. The summed E-state index contributed by atoms with van der Waals surface area (Å²) in [4.78, 5) is 44.7. The topological polar surface area (TPSA) is 96.9 Å². The van der Waals surface area contributed by atoms with Gasteiger partial charge in [0.2, 0.25) is 5.91 Å². The summed E-state index contributed by atoms with van der Waals surface area (Å²) < 4.78 is 1.44. The van der Waals surface area contributed by atoms with E-state index in [9.17, 15) is 14.4 Å². The Bertz CT molecular complexity index is 1120. The second kappa shape index (κ2) is 8.73. The number of H-pyrrole nitrogens is 1. The SMILES string of the molecule is O=C(CCn1c(=O)[nH]c(=O)c2ccccc21)NCCCc1nc2c(s1)CCCC2. The maximum atomic E-state index is 12.2. The van der Waals surface area contributed by atoms with Crippen molar-refractivity contribution in [3.05, 3.63) is 60.7 Å². The molecule has 2 heterocycles. The van der Waals surface area contributed by atoms with Crippen molar-refractivity contribution in [1.82, 2.24) is 19.9 Å². The predicted molar refractivity (Wildman–Crippen MR) is 114 cm³/mol. The number of thiazole rings is 1. The van der Waals surface area contributed by atoms with Crippen LogP contribution in [0.2, 0.25) is 0 Å². The largest absolute Gasteiger partial charge is 0.356 e. The molecule has 3 aromatic rings. The molecule has 1 aliphatic rings. The normalized spacial score (nSPS) is 13.4. The number of amides is 1. The molecule has 7 nitrogen and oxygen atoms in total. The molecule has 0 bridgehead atoms. The van der Waals surface area contributed by atoms with Gasteiger partial charge in [-0.25, -0.2) is 9.78 Å². The van der Waals surface area contributed by atoms with Crippen LogP contribution < -0.4 is 16.6 Å². The van der Waals surface area contributed by atoms with Gasteiger partial charge < -0.3 is 5.32 Å². The smallest absolute Gasteiger partial charge is 0.328 e. The fourth-order valence-electron chi connectivity index (χ4n) is 3.75. The third kappa shape index (κ3) is 4.48. The standard InChI is InChI=1S/C21H24N4O3S/c26-18(22-12-5-10-19-23-15-7-2-4-9-17(15)29-19)11-13-25-16-8-3-1-6-14(16)20(27)24-21(25)28/h1,3,6,8H,2,4-5,7,9-13H2,(H,22,26)(H,24,27,28). The highest BCUT2D eigenvalue weighted by molar-refractivity contribution is 7.11. The molecular formula is C21H24N4O3S. The van der Waals surface area contributed by atoms with Crippen LogP contribution in [-0.2, 0) is 30.6 Å². The molecule has 8 heteroatoms. The van der Waals surface area contributed by atoms with Gasteiger partial charge in [-0.2, -0.15) is 0 Å². The Labute approximate surface area is 171 Å². The molecule has 0 saturated heterocycles. The minimum atomic E-state index is -0.491. The molecule has 2 N–H and O–H groups in total. The fourth-order valence-corrected chi connectivity index (χ4v) is 4.94. The number of aromatic amines is 1. The summed E-state index contributed by atoms with van der Waals surface area (Å²) in [5.41, 5.74) is 0.921. The zero-order chi connectivity index (χ0) is 20.2. The zero-order valence-corrected chi connectivity index (χ0v) is 17.0. The van der Waals surface area contributed by atoms with Gasteiger partial charge in [0.05, 0.1) is 21.6 Å². The Hall–Kier alpha value is -2.74. The second-order valence-corrected chi connectivity index (χ2v) is 8.48. The molecule has 1 aromatic carbocycles. The number of fused-ring (bicyclic) bond motifs is 2. The van der Waals surface area contributed by atoms with E-state index >= 15 is 0 Å². The lowest BCUT2D eigenvalue weighted by atomic mass is 10.0. The van der Waals surface area contributed by atoms with Gasteiger partial charge in [-0.1, -0.05) is 12.1 Å². The van der Waals surface area contributed by atoms with Crippen LogP contribution in [0.3, 0.4) is 0 Å². The number of carbonyl (C=O) groups is 1. The molecule has 0 spiro atoms. The Morgan fingerprint density at radius 3 is 2.90 bits per heavy atom. The Morgan fingerprint density at radius 1 is 1.21 bits per heavy atom. The van der Waals surface area contributed by atoms with E-state index < -0.39 is 11.2 Å². The van der Waals surface area contributed by atoms with Gasteiger partial charge in [0.1, 0.15) is 0 Å². The first kappa shape index (κ1) is 19.6. The summed E-state index contributed by atoms with van der Waals surface area (Å²) in [7, 11) is 0. The number of hydrogen-bond acceptors (Lipinski definition) is 5. The lowest BCUT2D eigenvalue weighted by Crippen LogP contribution is -2.32. The van der Waals surface area contributed by atoms with Crippen molar-refractivity contribution in [2.45, 2.75) is 51.5 Å². The van der Waals surface area contributed by atoms with Crippen LogP contribution in [0.1, 0.15) is 41.3 Å². The van der Waals surface area contributed by atoms with Crippen LogP contribution in [0, 0.1) is 0 Å². The van der Waals surface area contributed by atoms with Crippen molar-refractivity contribution in [3.63, 3.8) is 0 Å². The Morgan fingerprint density at radius 2 is 2.03 bits per heavy atom. The minimum absolute atomic E-state index is 0.106. The summed E-state index contributed by atoms with van der Waals surface area (Å²) >= 11 is 1.81. The molecule has 0 aliphatic heterocycles. The van der Waals surface area contributed by atoms with E-state index in [0.717, 1.165) is 30.7 Å². The Balaban J connectivity index is 1.28. The van der Waals surface area contributed by atoms with Crippen LogP contribution in [0.5, 0.6) is 0 Å². The maximum Gasteiger partial charge on any atom is 0.328 e. The van der Waals surface area contributed by atoms with Gasteiger partial charge in [0.25, 0.3) is 5.56 Å². The molecular weight excluding hydrogens is 388 g/mol. The van der Waals surface area contributed by atoms with Crippen LogP contribution in [0.4, 0.5) is 0 Å². The molecule has 29 heavy (non-hydrogen) atoms. The van der Waals surface area contributed by atoms with E-state index in [1.54, 1.807) is 24.3 Å². The van der Waals surface area contributed by atoms with Crippen molar-refractivity contribution in [2.75, 3.05) is 6.54 Å². The highest BCUT2D eigenvalue weighted by Crippen LogP contribution is 2.27. The molecule has 1 aliphatic carbocycles. The van der Waals surface area contributed by atoms with Crippen LogP contribution in [0.25, 0.3) is 10.9 Å². The summed E-state index contributed by atoms with van der Waals surface area (Å²) in [5.74, 6) is -0.106. The molecule has 0 saturated carbocycles. The van der Waals surface area contributed by atoms with Gasteiger partial charge in [-0.05, 0) is 44.2 Å². The maximum absolute atomic E-state index is 12.2. The fraction of sp³-hybridized carbons (Fsp3) is 0.429. The average molecular weight is 413 g/mol. The number of hydrogen-bond donors (Lipinski definition) is 2. The highest BCUT2D eigenvalue weighted by atomic mass is 32.1. The van der Waals surface area contributed by atoms with E-state index in [4.69, 9.17) is 4.98 Å². The highest BCUT2D eigenvalue weighted by Gasteiger charge is 2.15. The lowest BCUT2D eigenvalue weighted by Gasteiger charge is -2.09. The number of aromatic nitrogens is 3. The molecule has 4 rings (SSSR count). The quantitative estimate of drug-likeness (QED) is 0.581. The second-order valence-electron chi connectivity index (χ2n) is 7.32. The molecule has 1 amide bonds. The molecule has 2 aromatic heterocycles. The van der Waals surface area contributed by atoms with Crippen LogP contribution in [-0.4, -0.2) is 27.0 Å². The third-order valence-corrected chi connectivity index (χ3v) is 6.46. The first-order valence-electron chi connectivity index (χ1n) is 10.1. The number of nitrogens with one attached hydrogen (secondary N) is 2. The van der Waals surface area contributed by atoms with Crippen molar-refractivity contribution < 1.29 is 4.79 Å². The van der Waals surface area contributed by atoms with Crippen LogP contribution in [0.15, 0.2) is 33.9 Å². The monoisotopic (exact) mass is 412 g/mol. The third-order valence-electron chi connectivity index (χ3n) is 5.25. The number of para-hydroxylation sites is 1. The zero-order valence-electron chi connectivity index (χ0n) is 16.2. The molecule has 0 radical (unpaired) electrons. The van der Waals surface area contributed by atoms with Gasteiger partial charge in [-0.3, -0.25) is 19.1 Å². The van der Waals surface area contributed by atoms with E-state index in [1.165, 1.54) is 28.0 Å². The molecule has 0 atom stereocenters. The van der Waals surface area contributed by atoms with E-state index in [1.807, 2.05) is 11.3 Å². The van der Waals surface area contributed by atoms with Crippen molar-refractivity contribution in [3.8, 4) is 0 Å². The van der Waals surface area contributed by atoms with Crippen molar-refractivity contribution in [1.29, 1.82) is 0 Å². The number of benzene rings is 1. The van der Waals surface area contributed by atoms with Gasteiger partial charge >= 0.3 is 5.69 Å². The van der Waals surface area contributed by atoms with Crippen LogP contribution >= 0.6 is 11.3 Å². The molecule has 0 fully saturated rings. The summed E-state index contributed by atoms with van der Waals surface area (Å²) in [6, 6.07) is 6.91. The van der Waals surface area contributed by atoms with E-state index in [0.29, 0.717) is 17.4 Å². The van der Waals surface area contributed by atoms with Gasteiger partial charge in [-0.15, -0.1) is 11.3 Å². The summed E-state index contributed by atoms with van der Waals surface area (Å²) in [5, 5.41) is 4.52. The van der Waals surface area contributed by atoms with Crippen molar-refractivity contribution >= 4 is 28.1 Å². The first-order valence-corrected chi connectivity index (χ1v) is 10.9. The average Bonchev–Trinajstić information content (AvgIpc) is 3.14. The first-order chi connectivity index (χ1) is 14.1. The number of nitrogens with zero attached hydrogens (tertiary/aromatic N) is 2. The molecule has 0 unspecified atom stereocenters. The summed E-state index contributed by atoms with van der Waals surface area (Å²) in [6.07, 6.45) is 6.66. The lowest BCUT2D eigenvalue weighted by molar-refractivity contribution is -0.121. The molecule has 152 valence electrons. The Kier molecular flexibility index (Phi) is 5.89.